The number of benzene rings is 1. The van der Waals surface area contributed by atoms with E-state index in [-0.39, 0.29) is 0 Å². The van der Waals surface area contributed by atoms with Gasteiger partial charge in [0, 0.05) is 24.7 Å². The number of hydrogen-bond acceptors (Lipinski definition) is 3. The summed E-state index contributed by atoms with van der Waals surface area (Å²) >= 11 is 5.96. The fourth-order valence-electron chi connectivity index (χ4n) is 2.06. The molecule has 0 saturated carbocycles. The first-order chi connectivity index (χ1) is 8.95. The standard InChI is InChI=1S/C15H21ClN2O/c1-11(2)18(12(3)4)7-8-19-14-6-5-13(10-17)15(16)9-14/h5-6,9,11-12H,7-8H2,1-4H3. The summed E-state index contributed by atoms with van der Waals surface area (Å²) < 4.78 is 5.68. The van der Waals surface area contributed by atoms with E-state index in [2.05, 4.69) is 32.6 Å². The molecule has 0 atom stereocenters. The van der Waals surface area contributed by atoms with Crippen molar-refractivity contribution in [2.24, 2.45) is 0 Å². The van der Waals surface area contributed by atoms with Crippen LogP contribution in [0.25, 0.3) is 0 Å². The van der Waals surface area contributed by atoms with Gasteiger partial charge in [0.2, 0.25) is 0 Å². The summed E-state index contributed by atoms with van der Waals surface area (Å²) in [5.74, 6) is 0.705. The Morgan fingerprint density at radius 1 is 1.26 bits per heavy atom. The maximum absolute atomic E-state index is 8.80. The molecule has 0 aromatic heterocycles. The largest absolute Gasteiger partial charge is 0.492 e. The van der Waals surface area contributed by atoms with Crippen LogP contribution in [0.5, 0.6) is 5.75 Å². The zero-order valence-electron chi connectivity index (χ0n) is 12.0. The third kappa shape index (κ3) is 4.74. The summed E-state index contributed by atoms with van der Waals surface area (Å²) in [6.45, 7) is 10.2. The minimum absolute atomic E-state index is 0.435. The Hall–Kier alpha value is -1.24. The van der Waals surface area contributed by atoms with Gasteiger partial charge in [0.05, 0.1) is 10.6 Å². The Bertz CT molecular complexity index is 444. The highest BCUT2D eigenvalue weighted by molar-refractivity contribution is 6.31. The maximum atomic E-state index is 8.80. The minimum Gasteiger partial charge on any atom is -0.492 e. The van der Waals surface area contributed by atoms with Crippen LogP contribution in [0, 0.1) is 11.3 Å². The molecule has 19 heavy (non-hydrogen) atoms. The smallest absolute Gasteiger partial charge is 0.120 e. The fourth-order valence-corrected chi connectivity index (χ4v) is 2.27. The molecule has 0 amide bonds. The summed E-state index contributed by atoms with van der Waals surface area (Å²) in [6, 6.07) is 8.17. The number of nitrogens with zero attached hydrogens (tertiary/aromatic N) is 2. The monoisotopic (exact) mass is 280 g/mol. The van der Waals surface area contributed by atoms with Crippen molar-refractivity contribution in [1.29, 1.82) is 5.26 Å². The molecule has 0 aliphatic rings. The molecule has 0 radical (unpaired) electrons. The van der Waals surface area contributed by atoms with Gasteiger partial charge in [-0.3, -0.25) is 4.90 Å². The molecule has 0 fully saturated rings. The SMILES string of the molecule is CC(C)N(CCOc1ccc(C#N)c(Cl)c1)C(C)C. The zero-order chi connectivity index (χ0) is 14.4. The Labute approximate surface area is 120 Å². The van der Waals surface area contributed by atoms with Crippen LogP contribution in [-0.2, 0) is 0 Å². The van der Waals surface area contributed by atoms with E-state index >= 15 is 0 Å². The maximum Gasteiger partial charge on any atom is 0.120 e. The first kappa shape index (κ1) is 15.8. The lowest BCUT2D eigenvalue weighted by Crippen LogP contribution is -2.39. The van der Waals surface area contributed by atoms with Crippen LogP contribution in [0.4, 0.5) is 0 Å². The van der Waals surface area contributed by atoms with Crippen LogP contribution in [0.15, 0.2) is 18.2 Å². The van der Waals surface area contributed by atoms with Crippen molar-refractivity contribution in [3.05, 3.63) is 28.8 Å². The lowest BCUT2D eigenvalue weighted by Gasteiger charge is -2.30. The third-order valence-corrected chi connectivity index (χ3v) is 3.32. The van der Waals surface area contributed by atoms with Gasteiger partial charge in [-0.2, -0.15) is 5.26 Å². The van der Waals surface area contributed by atoms with Crippen molar-refractivity contribution in [3.63, 3.8) is 0 Å². The molecule has 0 heterocycles. The van der Waals surface area contributed by atoms with Gasteiger partial charge >= 0.3 is 0 Å². The highest BCUT2D eigenvalue weighted by Crippen LogP contribution is 2.21. The van der Waals surface area contributed by atoms with E-state index in [1.165, 1.54) is 0 Å². The minimum atomic E-state index is 0.435. The topological polar surface area (TPSA) is 36.3 Å². The molecular weight excluding hydrogens is 260 g/mol. The van der Waals surface area contributed by atoms with Gasteiger partial charge < -0.3 is 4.74 Å². The lowest BCUT2D eigenvalue weighted by molar-refractivity contribution is 0.142. The van der Waals surface area contributed by atoms with Gasteiger partial charge in [-0.15, -0.1) is 0 Å². The first-order valence-electron chi connectivity index (χ1n) is 6.54. The number of hydrogen-bond donors (Lipinski definition) is 0. The fraction of sp³-hybridized carbons (Fsp3) is 0.533. The molecule has 0 N–H and O–H groups in total. The van der Waals surface area contributed by atoms with E-state index in [4.69, 9.17) is 21.6 Å². The summed E-state index contributed by atoms with van der Waals surface area (Å²) in [5.41, 5.74) is 0.472. The van der Waals surface area contributed by atoms with Crippen LogP contribution in [0.1, 0.15) is 33.3 Å². The van der Waals surface area contributed by atoms with E-state index in [1.54, 1.807) is 18.2 Å². The lowest BCUT2D eigenvalue weighted by atomic mass is 10.2. The van der Waals surface area contributed by atoms with Crippen molar-refractivity contribution < 1.29 is 4.74 Å². The Morgan fingerprint density at radius 2 is 1.89 bits per heavy atom. The van der Waals surface area contributed by atoms with Crippen LogP contribution in [0.3, 0.4) is 0 Å². The second-order valence-electron chi connectivity index (χ2n) is 5.03. The second kappa shape index (κ2) is 7.37. The van der Waals surface area contributed by atoms with Gasteiger partial charge in [-0.05, 0) is 39.8 Å². The molecule has 1 aromatic carbocycles. The molecule has 0 aliphatic heterocycles. The Morgan fingerprint density at radius 3 is 2.37 bits per heavy atom. The Kier molecular flexibility index (Phi) is 6.14. The molecule has 0 unspecified atom stereocenters. The number of nitriles is 1. The predicted molar refractivity (Wildman–Crippen MR) is 78.6 cm³/mol. The molecule has 3 nitrogen and oxygen atoms in total. The van der Waals surface area contributed by atoms with Gasteiger partial charge in [-0.25, -0.2) is 0 Å². The van der Waals surface area contributed by atoms with Crippen molar-refractivity contribution in [2.45, 2.75) is 39.8 Å². The molecule has 4 heteroatoms. The predicted octanol–water partition coefficient (Wildman–Crippen LogP) is 3.71. The average Bonchev–Trinajstić information content (AvgIpc) is 2.33. The number of rotatable bonds is 6. The molecule has 0 bridgehead atoms. The van der Waals surface area contributed by atoms with Crippen LogP contribution in [0.2, 0.25) is 5.02 Å². The molecule has 0 aliphatic carbocycles. The van der Waals surface area contributed by atoms with Gasteiger partial charge in [0.15, 0.2) is 0 Å². The first-order valence-corrected chi connectivity index (χ1v) is 6.91. The number of ether oxygens (including phenoxy) is 1. The van der Waals surface area contributed by atoms with Crippen LogP contribution in [-0.4, -0.2) is 30.1 Å². The van der Waals surface area contributed by atoms with Gasteiger partial charge in [-0.1, -0.05) is 11.6 Å². The van der Waals surface area contributed by atoms with Crippen molar-refractivity contribution in [3.8, 4) is 11.8 Å². The normalized spacial score (nSPS) is 11.1. The van der Waals surface area contributed by atoms with Gasteiger partial charge in [0.25, 0.3) is 0 Å². The highest BCUT2D eigenvalue weighted by Gasteiger charge is 2.12. The summed E-state index contributed by atoms with van der Waals surface area (Å²) in [6.07, 6.45) is 0. The molecule has 1 rings (SSSR count). The quantitative estimate of drug-likeness (QED) is 0.797. The van der Waals surface area contributed by atoms with E-state index in [0.29, 0.717) is 35.0 Å². The van der Waals surface area contributed by atoms with Crippen LogP contribution >= 0.6 is 11.6 Å². The summed E-state index contributed by atoms with van der Waals surface area (Å²) in [7, 11) is 0. The van der Waals surface area contributed by atoms with Crippen molar-refractivity contribution >= 4 is 11.6 Å². The van der Waals surface area contributed by atoms with Crippen LogP contribution < -0.4 is 4.74 Å². The van der Waals surface area contributed by atoms with Crippen molar-refractivity contribution in [2.75, 3.05) is 13.2 Å². The third-order valence-electron chi connectivity index (χ3n) is 3.01. The molecule has 0 spiro atoms. The van der Waals surface area contributed by atoms with E-state index in [9.17, 15) is 0 Å². The summed E-state index contributed by atoms with van der Waals surface area (Å²) in [5, 5.41) is 9.23. The van der Waals surface area contributed by atoms with Crippen molar-refractivity contribution in [1.82, 2.24) is 4.90 Å². The molecule has 104 valence electrons. The zero-order valence-corrected chi connectivity index (χ0v) is 12.7. The highest BCUT2D eigenvalue weighted by atomic mass is 35.5. The molecule has 0 saturated heterocycles. The summed E-state index contributed by atoms with van der Waals surface area (Å²) in [4.78, 5) is 2.37. The van der Waals surface area contributed by atoms with E-state index in [0.717, 1.165) is 6.54 Å². The number of halogens is 1. The Balaban J connectivity index is 2.54. The van der Waals surface area contributed by atoms with E-state index < -0.39 is 0 Å². The van der Waals surface area contributed by atoms with E-state index in [1.807, 2.05) is 6.07 Å². The molecule has 1 aromatic rings. The van der Waals surface area contributed by atoms with Gasteiger partial charge in [0.1, 0.15) is 18.4 Å². The average molecular weight is 281 g/mol. The second-order valence-corrected chi connectivity index (χ2v) is 5.43. The molecular formula is C15H21ClN2O.